The van der Waals surface area contributed by atoms with Gasteiger partial charge in [-0.3, -0.25) is 0 Å². The molecule has 4 heteroatoms. The lowest BCUT2D eigenvalue weighted by Crippen LogP contribution is -2.26. The summed E-state index contributed by atoms with van der Waals surface area (Å²) in [5, 5.41) is 26.2. The molecule has 4 nitrogen and oxygen atoms in total. The summed E-state index contributed by atoms with van der Waals surface area (Å²) in [5.41, 5.74) is 0. The molecule has 1 fully saturated rings. The molecule has 4 atom stereocenters. The van der Waals surface area contributed by atoms with Crippen LogP contribution in [-0.2, 0) is 4.74 Å². The fraction of sp³-hybridized carbons (Fsp3) is 1.00. The maximum Gasteiger partial charge on any atom is 0.0566 e. The molecule has 25 heavy (non-hydrogen) atoms. The first-order valence-corrected chi connectivity index (χ1v) is 10.3. The van der Waals surface area contributed by atoms with Crippen LogP contribution in [0.3, 0.4) is 0 Å². The highest BCUT2D eigenvalue weighted by atomic mass is 16.5. The molecule has 0 radical (unpaired) electrons. The summed E-state index contributed by atoms with van der Waals surface area (Å²) in [5.74, 6) is 1.83. The predicted molar refractivity (Wildman–Crippen MR) is 107 cm³/mol. The van der Waals surface area contributed by atoms with Gasteiger partial charge in [0.05, 0.1) is 6.10 Å². The molecule has 1 aliphatic rings. The van der Waals surface area contributed by atoms with Crippen LogP contribution in [0.25, 0.3) is 0 Å². The fourth-order valence-electron chi connectivity index (χ4n) is 2.78. The molecule has 0 aromatic heterocycles. The molecule has 0 aliphatic heterocycles. The van der Waals surface area contributed by atoms with Crippen LogP contribution in [0.5, 0.6) is 0 Å². The van der Waals surface area contributed by atoms with E-state index in [1.54, 1.807) is 13.8 Å². The zero-order chi connectivity index (χ0) is 19.7. The summed E-state index contributed by atoms with van der Waals surface area (Å²) in [7, 11) is 0. The van der Waals surface area contributed by atoms with E-state index in [9.17, 15) is 5.11 Å². The molecule has 4 unspecified atom stereocenters. The third-order valence-corrected chi connectivity index (χ3v) is 4.34. The number of aliphatic hydroxyl groups is 3. The number of ether oxygens (including phenoxy) is 1. The van der Waals surface area contributed by atoms with Crippen molar-refractivity contribution in [3.05, 3.63) is 0 Å². The van der Waals surface area contributed by atoms with E-state index in [4.69, 9.17) is 14.9 Å². The predicted octanol–water partition coefficient (Wildman–Crippen LogP) is 4.40. The first-order chi connectivity index (χ1) is 11.8. The Balaban J connectivity index is 0. The van der Waals surface area contributed by atoms with Crippen LogP contribution in [0.4, 0.5) is 0 Å². The Morgan fingerprint density at radius 3 is 2.08 bits per heavy atom. The largest absolute Gasteiger partial charge is 0.396 e. The second-order valence-corrected chi connectivity index (χ2v) is 7.79. The molecule has 0 bridgehead atoms. The maximum absolute atomic E-state index is 9.46. The maximum atomic E-state index is 9.46. The highest BCUT2D eigenvalue weighted by molar-refractivity contribution is 4.76. The van der Waals surface area contributed by atoms with Crippen molar-refractivity contribution in [1.29, 1.82) is 0 Å². The Morgan fingerprint density at radius 2 is 1.64 bits per heavy atom. The van der Waals surface area contributed by atoms with Gasteiger partial charge in [0, 0.05) is 25.9 Å². The van der Waals surface area contributed by atoms with Gasteiger partial charge in [-0.15, -0.1) is 0 Å². The average molecular weight is 363 g/mol. The average Bonchev–Trinajstić information content (AvgIpc) is 2.55. The molecule has 0 aromatic carbocycles. The zero-order valence-electron chi connectivity index (χ0n) is 17.7. The summed E-state index contributed by atoms with van der Waals surface area (Å²) >= 11 is 0. The quantitative estimate of drug-likeness (QED) is 0.560. The molecule has 0 aromatic rings. The van der Waals surface area contributed by atoms with Crippen molar-refractivity contribution in [3.63, 3.8) is 0 Å². The van der Waals surface area contributed by atoms with Crippen molar-refractivity contribution in [3.8, 4) is 0 Å². The number of rotatable bonds is 8. The van der Waals surface area contributed by atoms with Gasteiger partial charge in [-0.05, 0) is 63.7 Å². The molecule has 0 spiro atoms. The van der Waals surface area contributed by atoms with Gasteiger partial charge in [0.1, 0.15) is 0 Å². The number of aliphatic hydroxyl groups excluding tert-OH is 3. The first kappa shape index (κ1) is 27.1. The summed E-state index contributed by atoms with van der Waals surface area (Å²) in [6.07, 6.45) is 8.05. The summed E-state index contributed by atoms with van der Waals surface area (Å²) in [4.78, 5) is 0. The van der Waals surface area contributed by atoms with E-state index in [1.807, 2.05) is 6.92 Å². The van der Waals surface area contributed by atoms with Crippen LogP contribution in [0.2, 0.25) is 0 Å². The van der Waals surface area contributed by atoms with Crippen molar-refractivity contribution in [1.82, 2.24) is 0 Å². The van der Waals surface area contributed by atoms with Gasteiger partial charge in [-0.2, -0.15) is 0 Å². The monoisotopic (exact) mass is 362 g/mol. The van der Waals surface area contributed by atoms with Gasteiger partial charge in [0.25, 0.3) is 0 Å². The topological polar surface area (TPSA) is 69.9 Å². The SMILES string of the molecule is CC(C)O.CCCC1CCC(O)C(C)C1.CCCOCCC(C)CO. The van der Waals surface area contributed by atoms with E-state index in [0.29, 0.717) is 11.8 Å². The Hall–Kier alpha value is -0.160. The van der Waals surface area contributed by atoms with E-state index in [0.717, 1.165) is 38.4 Å². The minimum absolute atomic E-state index is 0.0110. The molecule has 1 saturated carbocycles. The molecular weight excluding hydrogens is 316 g/mol. The highest BCUT2D eigenvalue weighted by Gasteiger charge is 2.24. The van der Waals surface area contributed by atoms with E-state index in [-0.39, 0.29) is 18.8 Å². The Bertz CT molecular complexity index is 256. The van der Waals surface area contributed by atoms with Gasteiger partial charge in [0.15, 0.2) is 0 Å². The van der Waals surface area contributed by atoms with Crippen LogP contribution in [-0.4, -0.2) is 47.3 Å². The van der Waals surface area contributed by atoms with Crippen molar-refractivity contribution >= 4 is 0 Å². The summed E-state index contributed by atoms with van der Waals surface area (Å²) in [6.45, 7) is 13.9. The molecule has 0 amide bonds. The van der Waals surface area contributed by atoms with E-state index in [1.165, 1.54) is 25.7 Å². The molecular formula is C21H46O4. The van der Waals surface area contributed by atoms with Gasteiger partial charge in [0.2, 0.25) is 0 Å². The first-order valence-electron chi connectivity index (χ1n) is 10.3. The summed E-state index contributed by atoms with van der Waals surface area (Å²) < 4.78 is 5.24. The van der Waals surface area contributed by atoms with Crippen molar-refractivity contribution < 1.29 is 20.1 Å². The van der Waals surface area contributed by atoms with Crippen LogP contribution in [0.1, 0.15) is 86.5 Å². The van der Waals surface area contributed by atoms with Crippen LogP contribution >= 0.6 is 0 Å². The minimum atomic E-state index is -0.167. The lowest BCUT2D eigenvalue weighted by molar-refractivity contribution is 0.0552. The normalized spacial score (nSPS) is 24.0. The minimum Gasteiger partial charge on any atom is -0.396 e. The lowest BCUT2D eigenvalue weighted by Gasteiger charge is -2.30. The standard InChI is InChI=1S/C10H20O.C8H18O2.C3H8O/c1-3-4-9-5-6-10(11)8(2)7-9;1-3-5-10-6-4-8(2)7-9;1-3(2)4/h8-11H,3-7H2,1-2H3;8-9H,3-7H2,1-2H3;3-4H,1-2H3. The third-order valence-electron chi connectivity index (χ3n) is 4.34. The molecule has 1 rings (SSSR count). The smallest absolute Gasteiger partial charge is 0.0566 e. The third kappa shape index (κ3) is 20.0. The zero-order valence-corrected chi connectivity index (χ0v) is 17.7. The Kier molecular flexibility index (Phi) is 20.2. The van der Waals surface area contributed by atoms with E-state index < -0.39 is 0 Å². The Morgan fingerprint density at radius 1 is 1.04 bits per heavy atom. The molecule has 0 heterocycles. The van der Waals surface area contributed by atoms with Gasteiger partial charge in [-0.1, -0.05) is 40.5 Å². The van der Waals surface area contributed by atoms with Crippen LogP contribution in [0.15, 0.2) is 0 Å². The molecule has 154 valence electrons. The summed E-state index contributed by atoms with van der Waals surface area (Å²) in [6, 6.07) is 0. The van der Waals surface area contributed by atoms with E-state index >= 15 is 0 Å². The van der Waals surface area contributed by atoms with Crippen molar-refractivity contribution in [2.45, 2.75) is 98.7 Å². The van der Waals surface area contributed by atoms with Gasteiger partial charge >= 0.3 is 0 Å². The fourth-order valence-corrected chi connectivity index (χ4v) is 2.78. The second kappa shape index (κ2) is 18.6. The van der Waals surface area contributed by atoms with Crippen LogP contribution < -0.4 is 0 Å². The second-order valence-electron chi connectivity index (χ2n) is 7.79. The van der Waals surface area contributed by atoms with E-state index in [2.05, 4.69) is 20.8 Å². The lowest BCUT2D eigenvalue weighted by atomic mass is 9.79. The van der Waals surface area contributed by atoms with Gasteiger partial charge in [-0.25, -0.2) is 0 Å². The van der Waals surface area contributed by atoms with Crippen LogP contribution in [0, 0.1) is 17.8 Å². The molecule has 1 aliphatic carbocycles. The van der Waals surface area contributed by atoms with Gasteiger partial charge < -0.3 is 20.1 Å². The van der Waals surface area contributed by atoms with Crippen molar-refractivity contribution in [2.75, 3.05) is 19.8 Å². The Labute approximate surface area is 157 Å². The van der Waals surface area contributed by atoms with Crippen molar-refractivity contribution in [2.24, 2.45) is 17.8 Å². The number of hydrogen-bond donors (Lipinski definition) is 3. The number of hydrogen-bond acceptors (Lipinski definition) is 4. The molecule has 3 N–H and O–H groups in total. The molecule has 0 saturated heterocycles. The highest BCUT2D eigenvalue weighted by Crippen LogP contribution is 2.31.